The number of para-hydroxylation sites is 2. The highest BCUT2D eigenvalue weighted by Crippen LogP contribution is 2.39. The lowest BCUT2D eigenvalue weighted by Crippen LogP contribution is -2.20. The van der Waals surface area contributed by atoms with Gasteiger partial charge in [0.25, 0.3) is 0 Å². The number of sulfonamides is 1. The van der Waals surface area contributed by atoms with Gasteiger partial charge < -0.3 is 14.2 Å². The van der Waals surface area contributed by atoms with Crippen molar-refractivity contribution in [2.45, 2.75) is 6.42 Å². The first-order chi connectivity index (χ1) is 17.4. The van der Waals surface area contributed by atoms with E-state index >= 15 is 0 Å². The Balaban J connectivity index is 1.73. The number of nitrogens with zero attached hydrogens (tertiary/aromatic N) is 2. The van der Waals surface area contributed by atoms with Crippen LogP contribution in [0.3, 0.4) is 0 Å². The average molecular weight is 526 g/mol. The Morgan fingerprint density at radius 1 is 0.861 bits per heavy atom. The van der Waals surface area contributed by atoms with Gasteiger partial charge in [0.2, 0.25) is 15.8 Å². The van der Waals surface area contributed by atoms with E-state index in [0.29, 0.717) is 29.2 Å². The molecule has 4 aromatic rings. The lowest BCUT2D eigenvalue weighted by molar-refractivity contribution is 0.378. The summed E-state index contributed by atoms with van der Waals surface area (Å²) in [6.45, 7) is 0. The summed E-state index contributed by atoms with van der Waals surface area (Å²) in [6.07, 6.45) is 0.320. The summed E-state index contributed by atoms with van der Waals surface area (Å²) in [4.78, 5) is 8.82. The van der Waals surface area contributed by atoms with Crippen LogP contribution in [-0.4, -0.2) is 38.4 Å². The molecule has 0 radical (unpaired) electrons. The predicted molar refractivity (Wildman–Crippen MR) is 140 cm³/mol. The maximum Gasteiger partial charge on any atom is 0.234 e. The zero-order chi connectivity index (χ0) is 25.5. The fourth-order valence-electron chi connectivity index (χ4n) is 3.38. The minimum atomic E-state index is -3.83. The summed E-state index contributed by atoms with van der Waals surface area (Å²) < 4.78 is 45.2. The highest BCUT2D eigenvalue weighted by molar-refractivity contribution is 7.92. The van der Waals surface area contributed by atoms with Gasteiger partial charge in [-0.05, 0) is 36.2 Å². The first kappa shape index (κ1) is 25.3. The average Bonchev–Trinajstić information content (AvgIpc) is 2.90. The van der Waals surface area contributed by atoms with Gasteiger partial charge >= 0.3 is 0 Å². The van der Waals surface area contributed by atoms with Crippen LogP contribution < -0.4 is 18.9 Å². The molecule has 3 aromatic carbocycles. The third-order valence-electron chi connectivity index (χ3n) is 5.19. The van der Waals surface area contributed by atoms with Crippen molar-refractivity contribution < 1.29 is 22.6 Å². The molecule has 36 heavy (non-hydrogen) atoms. The van der Waals surface area contributed by atoms with Crippen molar-refractivity contribution in [1.29, 1.82) is 0 Å². The van der Waals surface area contributed by atoms with Gasteiger partial charge in [-0.3, -0.25) is 4.72 Å². The zero-order valence-electron chi connectivity index (χ0n) is 19.6. The first-order valence-corrected chi connectivity index (χ1v) is 13.0. The number of nitrogens with one attached hydrogen (secondary N) is 1. The van der Waals surface area contributed by atoms with Gasteiger partial charge in [0.15, 0.2) is 28.3 Å². The number of aromatic nitrogens is 2. The zero-order valence-corrected chi connectivity index (χ0v) is 21.2. The van der Waals surface area contributed by atoms with Gasteiger partial charge in [0, 0.05) is 5.56 Å². The van der Waals surface area contributed by atoms with E-state index in [9.17, 15) is 8.42 Å². The van der Waals surface area contributed by atoms with Crippen LogP contribution in [0.4, 0.5) is 5.82 Å². The molecule has 0 aliphatic carbocycles. The maximum absolute atomic E-state index is 13.0. The molecular weight excluding hydrogens is 502 g/mol. The molecule has 10 heteroatoms. The Kier molecular flexibility index (Phi) is 7.92. The maximum atomic E-state index is 13.0. The summed E-state index contributed by atoms with van der Waals surface area (Å²) in [7, 11) is -0.782. The molecule has 0 spiro atoms. The van der Waals surface area contributed by atoms with E-state index in [-0.39, 0.29) is 28.3 Å². The van der Waals surface area contributed by atoms with Crippen LogP contribution in [0.2, 0.25) is 5.15 Å². The number of methoxy groups -OCH3 is 2. The van der Waals surface area contributed by atoms with Crippen LogP contribution >= 0.6 is 11.6 Å². The van der Waals surface area contributed by atoms with Gasteiger partial charge in [0.05, 0.1) is 20.0 Å². The van der Waals surface area contributed by atoms with E-state index in [1.807, 2.05) is 30.3 Å². The second kappa shape index (κ2) is 11.3. The monoisotopic (exact) mass is 525 g/mol. The quantitative estimate of drug-likeness (QED) is 0.269. The summed E-state index contributed by atoms with van der Waals surface area (Å²) in [6, 6.07) is 23.3. The van der Waals surface area contributed by atoms with Gasteiger partial charge in [-0.15, -0.1) is 0 Å². The number of ether oxygens (including phenoxy) is 3. The first-order valence-electron chi connectivity index (χ1n) is 11.0. The van der Waals surface area contributed by atoms with E-state index < -0.39 is 10.0 Å². The highest BCUT2D eigenvalue weighted by Gasteiger charge is 2.22. The smallest absolute Gasteiger partial charge is 0.234 e. The Morgan fingerprint density at radius 3 is 2.31 bits per heavy atom. The Hall–Kier alpha value is -3.82. The number of halogens is 1. The van der Waals surface area contributed by atoms with Gasteiger partial charge in [-0.25, -0.2) is 18.4 Å². The second-order valence-corrected chi connectivity index (χ2v) is 9.86. The Bertz CT molecular complexity index is 1450. The molecule has 0 aliphatic heterocycles. The largest absolute Gasteiger partial charge is 0.497 e. The number of aryl methyl sites for hydroxylation is 1. The number of anilines is 1. The molecule has 0 unspecified atom stereocenters. The standard InChI is InChI=1S/C26H24ClN3O5S/c1-33-20-12-8-11-19(17-20)25-28-24(27)23(35-22-14-7-6-13-21(22)34-2)26(29-25)30-36(31,32)16-15-18-9-4-3-5-10-18/h3-14,17H,15-16H2,1-2H3,(H,28,29,30). The third-order valence-corrected chi connectivity index (χ3v) is 6.69. The molecule has 0 amide bonds. The number of hydrogen-bond acceptors (Lipinski definition) is 7. The lowest BCUT2D eigenvalue weighted by atomic mass is 10.2. The number of benzene rings is 3. The fraction of sp³-hybridized carbons (Fsp3) is 0.154. The molecule has 4 rings (SSSR count). The Morgan fingerprint density at radius 2 is 1.58 bits per heavy atom. The van der Waals surface area contributed by atoms with E-state index in [1.54, 1.807) is 55.6 Å². The summed E-state index contributed by atoms with van der Waals surface area (Å²) in [5.74, 6) is 1.25. The molecule has 0 fully saturated rings. The molecule has 0 atom stereocenters. The normalized spacial score (nSPS) is 11.1. The van der Waals surface area contributed by atoms with Crippen LogP contribution in [0.15, 0.2) is 78.9 Å². The van der Waals surface area contributed by atoms with Crippen LogP contribution in [0.1, 0.15) is 5.56 Å². The minimum Gasteiger partial charge on any atom is -0.497 e. The summed E-state index contributed by atoms with van der Waals surface area (Å²) in [5, 5.41) is -0.0746. The van der Waals surface area contributed by atoms with Crippen molar-refractivity contribution >= 4 is 27.4 Å². The molecule has 0 aliphatic rings. The van der Waals surface area contributed by atoms with Crippen molar-refractivity contribution in [3.8, 4) is 34.4 Å². The lowest BCUT2D eigenvalue weighted by Gasteiger charge is -2.16. The number of hydrogen-bond donors (Lipinski definition) is 1. The van der Waals surface area contributed by atoms with E-state index in [1.165, 1.54) is 7.11 Å². The van der Waals surface area contributed by atoms with Gasteiger partial charge in [0.1, 0.15) is 5.75 Å². The molecule has 1 aromatic heterocycles. The molecule has 1 N–H and O–H groups in total. The van der Waals surface area contributed by atoms with E-state index in [4.69, 9.17) is 25.8 Å². The van der Waals surface area contributed by atoms with Crippen molar-refractivity contribution in [3.63, 3.8) is 0 Å². The molecule has 1 heterocycles. The molecular formula is C26H24ClN3O5S. The van der Waals surface area contributed by atoms with E-state index in [0.717, 1.165) is 5.56 Å². The molecule has 186 valence electrons. The van der Waals surface area contributed by atoms with E-state index in [2.05, 4.69) is 14.7 Å². The predicted octanol–water partition coefficient (Wildman–Crippen LogP) is 5.59. The highest BCUT2D eigenvalue weighted by atomic mass is 35.5. The van der Waals surface area contributed by atoms with Crippen molar-refractivity contribution in [3.05, 3.63) is 89.6 Å². The van der Waals surface area contributed by atoms with Crippen molar-refractivity contribution in [2.75, 3.05) is 24.7 Å². The number of rotatable bonds is 10. The molecule has 0 saturated heterocycles. The SMILES string of the molecule is COc1cccc(-c2nc(Cl)c(Oc3ccccc3OC)c(NS(=O)(=O)CCc3ccccc3)n2)c1. The topological polar surface area (TPSA) is 99.6 Å². The molecule has 8 nitrogen and oxygen atoms in total. The van der Waals surface area contributed by atoms with Gasteiger partial charge in [-0.2, -0.15) is 0 Å². The minimum absolute atomic E-state index is 0.0453. The molecule has 0 saturated carbocycles. The van der Waals surface area contributed by atoms with Crippen LogP contribution in [0, 0.1) is 0 Å². The second-order valence-electron chi connectivity index (χ2n) is 7.66. The third kappa shape index (κ3) is 6.24. The van der Waals surface area contributed by atoms with Crippen LogP contribution in [0.5, 0.6) is 23.0 Å². The van der Waals surface area contributed by atoms with Gasteiger partial charge in [-0.1, -0.05) is 66.2 Å². The van der Waals surface area contributed by atoms with Crippen LogP contribution in [0.25, 0.3) is 11.4 Å². The Labute approximate surface area is 214 Å². The summed E-state index contributed by atoms with van der Waals surface area (Å²) >= 11 is 6.52. The van der Waals surface area contributed by atoms with Crippen molar-refractivity contribution in [1.82, 2.24) is 9.97 Å². The van der Waals surface area contributed by atoms with Crippen molar-refractivity contribution in [2.24, 2.45) is 0 Å². The fourth-order valence-corrected chi connectivity index (χ4v) is 4.63. The summed E-state index contributed by atoms with van der Waals surface area (Å²) in [5.41, 5.74) is 1.48. The van der Waals surface area contributed by atoms with Crippen LogP contribution in [-0.2, 0) is 16.4 Å². The molecule has 0 bridgehead atoms.